The fraction of sp³-hybridized carbons (Fsp3) is 0.214. The van der Waals surface area contributed by atoms with Crippen molar-refractivity contribution in [3.63, 3.8) is 0 Å². The van der Waals surface area contributed by atoms with Crippen LogP contribution in [0.3, 0.4) is 0 Å². The molecule has 0 aliphatic carbocycles. The second kappa shape index (κ2) is 5.55. The molecule has 1 atom stereocenters. The molecule has 0 amide bonds. The lowest BCUT2D eigenvalue weighted by Gasteiger charge is -2.14. The van der Waals surface area contributed by atoms with Crippen molar-refractivity contribution in [3.05, 3.63) is 65.7 Å². The number of hydrogen-bond donors (Lipinski definition) is 1. The first-order chi connectivity index (χ1) is 8.25. The highest BCUT2D eigenvalue weighted by molar-refractivity contribution is 5.20. The summed E-state index contributed by atoms with van der Waals surface area (Å²) in [6.45, 7) is 2.75. The summed E-state index contributed by atoms with van der Waals surface area (Å²) in [5.41, 5.74) is 2.07. The number of nitrogens with zero attached hydrogens (tertiary/aromatic N) is 1. The van der Waals surface area contributed by atoms with Gasteiger partial charge in [-0.15, -0.1) is 0 Å². The summed E-state index contributed by atoms with van der Waals surface area (Å²) in [5.74, 6) is -0.197. The van der Waals surface area contributed by atoms with E-state index in [9.17, 15) is 4.39 Å². The molecule has 0 fully saturated rings. The Labute approximate surface area is 101 Å². The molecule has 88 valence electrons. The van der Waals surface area contributed by atoms with Gasteiger partial charge in [0.25, 0.3) is 0 Å². The van der Waals surface area contributed by atoms with Crippen LogP contribution in [0.2, 0.25) is 0 Å². The Hall–Kier alpha value is -1.74. The molecule has 1 heterocycles. The predicted octanol–water partition coefficient (Wildman–Crippen LogP) is 3.07. The second-order valence-corrected chi connectivity index (χ2v) is 4.02. The Morgan fingerprint density at radius 2 is 2.18 bits per heavy atom. The van der Waals surface area contributed by atoms with Gasteiger partial charge in [-0.1, -0.05) is 18.2 Å². The van der Waals surface area contributed by atoms with Gasteiger partial charge in [-0.05, 0) is 36.2 Å². The smallest absolute Gasteiger partial charge is 0.123 e. The van der Waals surface area contributed by atoms with Gasteiger partial charge in [-0.2, -0.15) is 0 Å². The van der Waals surface area contributed by atoms with Crippen LogP contribution in [0.4, 0.5) is 4.39 Å². The summed E-state index contributed by atoms with van der Waals surface area (Å²) in [5, 5.41) is 3.34. The van der Waals surface area contributed by atoms with Crippen LogP contribution >= 0.6 is 0 Å². The van der Waals surface area contributed by atoms with E-state index in [-0.39, 0.29) is 11.9 Å². The second-order valence-electron chi connectivity index (χ2n) is 4.02. The molecular formula is C14H15FN2. The lowest BCUT2D eigenvalue weighted by molar-refractivity contribution is 0.564. The van der Waals surface area contributed by atoms with E-state index in [1.165, 1.54) is 6.07 Å². The van der Waals surface area contributed by atoms with Gasteiger partial charge in [0.15, 0.2) is 0 Å². The maximum absolute atomic E-state index is 13.1. The molecule has 0 unspecified atom stereocenters. The van der Waals surface area contributed by atoms with Crippen LogP contribution in [-0.4, -0.2) is 4.98 Å². The Kier molecular flexibility index (Phi) is 3.83. The summed E-state index contributed by atoms with van der Waals surface area (Å²) in [6, 6.07) is 10.7. The molecule has 0 spiro atoms. The first kappa shape index (κ1) is 11.7. The van der Waals surface area contributed by atoms with Gasteiger partial charge in [0.1, 0.15) is 5.82 Å². The lowest BCUT2D eigenvalue weighted by Crippen LogP contribution is -2.18. The standard InChI is InChI=1S/C14H15FN2/c1-11(13-5-2-6-14(15)8-13)17-10-12-4-3-7-16-9-12/h2-9,11,17H,10H2,1H3/t11-/m1/s1. The highest BCUT2D eigenvalue weighted by Gasteiger charge is 2.05. The van der Waals surface area contributed by atoms with Gasteiger partial charge in [0, 0.05) is 25.0 Å². The minimum Gasteiger partial charge on any atom is -0.306 e. The molecule has 2 nitrogen and oxygen atoms in total. The van der Waals surface area contributed by atoms with E-state index in [0.29, 0.717) is 0 Å². The van der Waals surface area contributed by atoms with Crippen LogP contribution in [-0.2, 0) is 6.54 Å². The van der Waals surface area contributed by atoms with Crippen molar-refractivity contribution in [3.8, 4) is 0 Å². The first-order valence-electron chi connectivity index (χ1n) is 5.63. The highest BCUT2D eigenvalue weighted by atomic mass is 19.1. The van der Waals surface area contributed by atoms with Gasteiger partial charge in [0.2, 0.25) is 0 Å². The maximum Gasteiger partial charge on any atom is 0.123 e. The van der Waals surface area contributed by atoms with E-state index in [1.807, 2.05) is 31.3 Å². The van der Waals surface area contributed by atoms with E-state index in [2.05, 4.69) is 10.3 Å². The van der Waals surface area contributed by atoms with Gasteiger partial charge in [-0.3, -0.25) is 4.98 Å². The zero-order chi connectivity index (χ0) is 12.1. The predicted molar refractivity (Wildman–Crippen MR) is 65.9 cm³/mol. The largest absolute Gasteiger partial charge is 0.306 e. The molecule has 3 heteroatoms. The van der Waals surface area contributed by atoms with E-state index in [0.717, 1.165) is 17.7 Å². The monoisotopic (exact) mass is 230 g/mol. The van der Waals surface area contributed by atoms with Crippen LogP contribution in [0.1, 0.15) is 24.1 Å². The molecule has 1 aromatic heterocycles. The van der Waals surface area contributed by atoms with Crippen LogP contribution in [0.15, 0.2) is 48.8 Å². The minimum atomic E-state index is -0.197. The third-order valence-corrected chi connectivity index (χ3v) is 2.68. The highest BCUT2D eigenvalue weighted by Crippen LogP contribution is 2.13. The SMILES string of the molecule is C[C@@H](NCc1cccnc1)c1cccc(F)c1. The molecule has 0 aliphatic rings. The van der Waals surface area contributed by atoms with Crippen molar-refractivity contribution >= 4 is 0 Å². The molecule has 0 saturated carbocycles. The number of rotatable bonds is 4. The Bertz CT molecular complexity index is 471. The van der Waals surface area contributed by atoms with Crippen molar-refractivity contribution < 1.29 is 4.39 Å². The average Bonchev–Trinajstić information content (AvgIpc) is 2.37. The maximum atomic E-state index is 13.1. The average molecular weight is 230 g/mol. The topological polar surface area (TPSA) is 24.9 Å². The fourth-order valence-electron chi connectivity index (χ4n) is 1.67. The zero-order valence-corrected chi connectivity index (χ0v) is 9.73. The summed E-state index contributed by atoms with van der Waals surface area (Å²) in [7, 11) is 0. The van der Waals surface area contributed by atoms with E-state index >= 15 is 0 Å². The third-order valence-electron chi connectivity index (χ3n) is 2.68. The zero-order valence-electron chi connectivity index (χ0n) is 9.73. The summed E-state index contributed by atoms with van der Waals surface area (Å²) >= 11 is 0. The molecule has 0 saturated heterocycles. The number of aromatic nitrogens is 1. The number of pyridine rings is 1. The van der Waals surface area contributed by atoms with Crippen LogP contribution < -0.4 is 5.32 Å². The molecule has 2 rings (SSSR count). The van der Waals surface area contributed by atoms with Crippen molar-refractivity contribution in [2.45, 2.75) is 19.5 Å². The van der Waals surface area contributed by atoms with Crippen molar-refractivity contribution in [1.29, 1.82) is 0 Å². The number of halogens is 1. The number of nitrogens with one attached hydrogen (secondary N) is 1. The molecule has 0 bridgehead atoms. The molecule has 0 radical (unpaired) electrons. The summed E-state index contributed by atoms with van der Waals surface area (Å²) < 4.78 is 13.1. The Morgan fingerprint density at radius 1 is 1.29 bits per heavy atom. The molecule has 17 heavy (non-hydrogen) atoms. The first-order valence-corrected chi connectivity index (χ1v) is 5.63. The van der Waals surface area contributed by atoms with Crippen LogP contribution in [0.25, 0.3) is 0 Å². The quantitative estimate of drug-likeness (QED) is 0.873. The number of benzene rings is 1. The fourth-order valence-corrected chi connectivity index (χ4v) is 1.67. The molecule has 1 aromatic carbocycles. The Balaban J connectivity index is 1.96. The minimum absolute atomic E-state index is 0.117. The lowest BCUT2D eigenvalue weighted by atomic mass is 10.1. The molecule has 2 aromatic rings. The van der Waals surface area contributed by atoms with Crippen molar-refractivity contribution in [2.24, 2.45) is 0 Å². The summed E-state index contributed by atoms with van der Waals surface area (Å²) in [6.07, 6.45) is 3.57. The van der Waals surface area contributed by atoms with Gasteiger partial charge < -0.3 is 5.32 Å². The van der Waals surface area contributed by atoms with E-state index in [4.69, 9.17) is 0 Å². The molecule has 1 N–H and O–H groups in total. The van der Waals surface area contributed by atoms with Gasteiger partial charge in [0.05, 0.1) is 0 Å². The summed E-state index contributed by atoms with van der Waals surface area (Å²) in [4.78, 5) is 4.05. The van der Waals surface area contributed by atoms with E-state index < -0.39 is 0 Å². The normalized spacial score (nSPS) is 12.4. The van der Waals surface area contributed by atoms with Crippen LogP contribution in [0.5, 0.6) is 0 Å². The number of hydrogen-bond acceptors (Lipinski definition) is 2. The van der Waals surface area contributed by atoms with Crippen molar-refractivity contribution in [1.82, 2.24) is 10.3 Å². The van der Waals surface area contributed by atoms with Crippen LogP contribution in [0, 0.1) is 5.82 Å². The molecule has 0 aliphatic heterocycles. The van der Waals surface area contributed by atoms with Gasteiger partial charge >= 0.3 is 0 Å². The molecular weight excluding hydrogens is 215 g/mol. The van der Waals surface area contributed by atoms with E-state index in [1.54, 1.807) is 18.3 Å². The van der Waals surface area contributed by atoms with Gasteiger partial charge in [-0.25, -0.2) is 4.39 Å². The van der Waals surface area contributed by atoms with Crippen molar-refractivity contribution in [2.75, 3.05) is 0 Å². The third kappa shape index (κ3) is 3.36. The Morgan fingerprint density at radius 3 is 2.88 bits per heavy atom.